The van der Waals surface area contributed by atoms with E-state index in [0.717, 1.165) is 0 Å². The fraction of sp³-hybridized carbons (Fsp3) is 0.300. The summed E-state index contributed by atoms with van der Waals surface area (Å²) in [6.07, 6.45) is 0. The van der Waals surface area contributed by atoms with Crippen molar-refractivity contribution in [2.75, 3.05) is 23.1 Å². The molecule has 9 heteroatoms. The van der Waals surface area contributed by atoms with Gasteiger partial charge in [0.05, 0.1) is 17.7 Å². The number of rotatable bonds is 8. The molecule has 0 aliphatic carbocycles. The lowest BCUT2D eigenvalue weighted by Gasteiger charge is -2.17. The van der Waals surface area contributed by atoms with Crippen molar-refractivity contribution in [1.29, 1.82) is 0 Å². The second-order valence-corrected chi connectivity index (χ2v) is 6.72. The maximum Gasteiger partial charge on any atom is 0.271 e. The molecule has 0 aliphatic heterocycles. The van der Waals surface area contributed by atoms with E-state index in [1.54, 1.807) is 31.2 Å². The minimum Gasteiger partial charge on any atom is -0.495 e. The number of nitro benzene ring substituents is 1. The standard InChI is InChI=1S/C20H24N4O5/c1-12(2)19(25)22-15-7-5-14(6-8-15)21-13(3)20(26)23-17-11-16(24(27)28)9-10-18(17)29-4/h5-13,21H,1-4H3,(H,22,25)(H,23,26). The summed E-state index contributed by atoms with van der Waals surface area (Å²) >= 11 is 0. The molecular weight excluding hydrogens is 376 g/mol. The molecule has 0 spiro atoms. The fourth-order valence-corrected chi connectivity index (χ4v) is 2.40. The Kier molecular flexibility index (Phi) is 7.13. The smallest absolute Gasteiger partial charge is 0.271 e. The van der Waals surface area contributed by atoms with Gasteiger partial charge >= 0.3 is 0 Å². The average molecular weight is 400 g/mol. The van der Waals surface area contributed by atoms with Crippen LogP contribution in [0.5, 0.6) is 5.75 Å². The van der Waals surface area contributed by atoms with Gasteiger partial charge in [0.25, 0.3) is 5.69 Å². The SMILES string of the molecule is COc1ccc([N+](=O)[O-])cc1NC(=O)C(C)Nc1ccc(NC(=O)C(C)C)cc1. The van der Waals surface area contributed by atoms with Crippen LogP contribution in [-0.2, 0) is 9.59 Å². The lowest BCUT2D eigenvalue weighted by Crippen LogP contribution is -2.32. The second kappa shape index (κ2) is 9.54. The number of nitrogens with zero attached hydrogens (tertiary/aromatic N) is 1. The highest BCUT2D eigenvalue weighted by atomic mass is 16.6. The van der Waals surface area contributed by atoms with E-state index in [1.807, 2.05) is 13.8 Å². The van der Waals surface area contributed by atoms with Crippen molar-refractivity contribution in [1.82, 2.24) is 0 Å². The summed E-state index contributed by atoms with van der Waals surface area (Å²) in [5.41, 5.74) is 1.40. The quantitative estimate of drug-likeness (QED) is 0.459. The van der Waals surface area contributed by atoms with E-state index < -0.39 is 11.0 Å². The first kappa shape index (κ1) is 21.7. The maximum atomic E-state index is 12.5. The monoisotopic (exact) mass is 400 g/mol. The first-order chi connectivity index (χ1) is 13.7. The number of benzene rings is 2. The van der Waals surface area contributed by atoms with Crippen LogP contribution in [0.15, 0.2) is 42.5 Å². The minimum atomic E-state index is -0.630. The van der Waals surface area contributed by atoms with Crippen LogP contribution >= 0.6 is 0 Å². The first-order valence-electron chi connectivity index (χ1n) is 9.02. The number of methoxy groups -OCH3 is 1. The van der Waals surface area contributed by atoms with E-state index in [9.17, 15) is 19.7 Å². The molecule has 2 aromatic rings. The van der Waals surface area contributed by atoms with Crippen molar-refractivity contribution in [3.63, 3.8) is 0 Å². The predicted molar refractivity (Wildman–Crippen MR) is 111 cm³/mol. The largest absolute Gasteiger partial charge is 0.495 e. The Morgan fingerprint density at radius 1 is 0.966 bits per heavy atom. The molecule has 0 saturated carbocycles. The van der Waals surface area contributed by atoms with Crippen LogP contribution in [0.4, 0.5) is 22.7 Å². The van der Waals surface area contributed by atoms with Crippen LogP contribution < -0.4 is 20.7 Å². The summed E-state index contributed by atoms with van der Waals surface area (Å²) in [4.78, 5) is 34.6. The molecule has 1 atom stereocenters. The summed E-state index contributed by atoms with van der Waals surface area (Å²) in [5.74, 6) is -0.269. The Morgan fingerprint density at radius 2 is 1.59 bits per heavy atom. The molecule has 0 bridgehead atoms. The summed E-state index contributed by atoms with van der Waals surface area (Å²) in [7, 11) is 1.41. The minimum absolute atomic E-state index is 0.0793. The lowest BCUT2D eigenvalue weighted by molar-refractivity contribution is -0.384. The number of nitro groups is 1. The zero-order valence-electron chi connectivity index (χ0n) is 16.7. The Morgan fingerprint density at radius 3 is 2.14 bits per heavy atom. The third-order valence-electron chi connectivity index (χ3n) is 4.11. The highest BCUT2D eigenvalue weighted by molar-refractivity contribution is 5.98. The molecule has 0 fully saturated rings. The number of hydrogen-bond donors (Lipinski definition) is 3. The molecule has 1 unspecified atom stereocenters. The molecule has 0 radical (unpaired) electrons. The van der Waals surface area contributed by atoms with E-state index >= 15 is 0 Å². The highest BCUT2D eigenvalue weighted by Crippen LogP contribution is 2.29. The van der Waals surface area contributed by atoms with Crippen LogP contribution in [-0.4, -0.2) is 29.9 Å². The zero-order valence-corrected chi connectivity index (χ0v) is 16.7. The van der Waals surface area contributed by atoms with Gasteiger partial charge in [-0.1, -0.05) is 13.8 Å². The summed E-state index contributed by atoms with van der Waals surface area (Å²) < 4.78 is 5.15. The van der Waals surface area contributed by atoms with Gasteiger partial charge < -0.3 is 20.7 Å². The van der Waals surface area contributed by atoms with Crippen molar-refractivity contribution in [3.05, 3.63) is 52.6 Å². The number of carbonyl (C=O) groups is 2. The summed E-state index contributed by atoms with van der Waals surface area (Å²) in [6, 6.07) is 10.3. The Hall–Kier alpha value is -3.62. The van der Waals surface area contributed by atoms with E-state index in [4.69, 9.17) is 4.74 Å². The third kappa shape index (κ3) is 5.93. The molecular formula is C20H24N4O5. The van der Waals surface area contributed by atoms with E-state index in [0.29, 0.717) is 17.1 Å². The highest BCUT2D eigenvalue weighted by Gasteiger charge is 2.18. The number of non-ortho nitro benzene ring substituents is 1. The molecule has 2 aromatic carbocycles. The van der Waals surface area contributed by atoms with Gasteiger partial charge in [0.1, 0.15) is 11.8 Å². The number of carbonyl (C=O) groups excluding carboxylic acids is 2. The molecule has 0 heterocycles. The van der Waals surface area contributed by atoms with Crippen molar-refractivity contribution < 1.29 is 19.2 Å². The van der Waals surface area contributed by atoms with E-state index in [-0.39, 0.29) is 29.1 Å². The van der Waals surface area contributed by atoms with Crippen LogP contribution in [0.2, 0.25) is 0 Å². The van der Waals surface area contributed by atoms with Crippen LogP contribution in [0.1, 0.15) is 20.8 Å². The van der Waals surface area contributed by atoms with Gasteiger partial charge in [0, 0.05) is 29.4 Å². The van der Waals surface area contributed by atoms with Crippen LogP contribution in [0, 0.1) is 16.0 Å². The molecule has 29 heavy (non-hydrogen) atoms. The normalized spacial score (nSPS) is 11.5. The van der Waals surface area contributed by atoms with Gasteiger partial charge in [0.2, 0.25) is 11.8 Å². The average Bonchev–Trinajstić information content (AvgIpc) is 2.69. The second-order valence-electron chi connectivity index (χ2n) is 6.72. The van der Waals surface area contributed by atoms with Crippen molar-refractivity contribution in [2.24, 2.45) is 5.92 Å². The van der Waals surface area contributed by atoms with Crippen LogP contribution in [0.3, 0.4) is 0 Å². The molecule has 2 amide bonds. The summed E-state index contributed by atoms with van der Waals surface area (Å²) in [5, 5.41) is 19.4. The van der Waals surface area contributed by atoms with Gasteiger partial charge in [-0.05, 0) is 37.3 Å². The number of ether oxygens (including phenoxy) is 1. The molecule has 2 rings (SSSR count). The van der Waals surface area contributed by atoms with Crippen molar-refractivity contribution >= 4 is 34.6 Å². The maximum absolute atomic E-state index is 12.5. The van der Waals surface area contributed by atoms with Gasteiger partial charge in [-0.3, -0.25) is 19.7 Å². The Bertz CT molecular complexity index is 896. The van der Waals surface area contributed by atoms with E-state index in [2.05, 4.69) is 16.0 Å². The number of nitrogens with one attached hydrogen (secondary N) is 3. The molecule has 3 N–H and O–H groups in total. The number of hydrogen-bond acceptors (Lipinski definition) is 6. The topological polar surface area (TPSA) is 123 Å². The lowest BCUT2D eigenvalue weighted by atomic mass is 10.2. The van der Waals surface area contributed by atoms with Crippen LogP contribution in [0.25, 0.3) is 0 Å². The number of amides is 2. The van der Waals surface area contributed by atoms with E-state index in [1.165, 1.54) is 25.3 Å². The molecule has 154 valence electrons. The number of anilines is 3. The molecule has 0 aliphatic rings. The van der Waals surface area contributed by atoms with Gasteiger partial charge in [0.15, 0.2) is 0 Å². The zero-order chi connectivity index (χ0) is 21.6. The summed E-state index contributed by atoms with van der Waals surface area (Å²) in [6.45, 7) is 5.28. The first-order valence-corrected chi connectivity index (χ1v) is 9.02. The Labute approximate surface area is 168 Å². The molecule has 0 saturated heterocycles. The van der Waals surface area contributed by atoms with Crippen molar-refractivity contribution in [2.45, 2.75) is 26.8 Å². The van der Waals surface area contributed by atoms with Crippen molar-refractivity contribution in [3.8, 4) is 5.75 Å². The molecule has 0 aromatic heterocycles. The van der Waals surface area contributed by atoms with Gasteiger partial charge in [-0.15, -0.1) is 0 Å². The Balaban J connectivity index is 2.03. The van der Waals surface area contributed by atoms with Gasteiger partial charge in [-0.2, -0.15) is 0 Å². The van der Waals surface area contributed by atoms with Gasteiger partial charge in [-0.25, -0.2) is 0 Å². The fourth-order valence-electron chi connectivity index (χ4n) is 2.40. The third-order valence-corrected chi connectivity index (χ3v) is 4.11. The molecule has 9 nitrogen and oxygen atoms in total. The predicted octanol–water partition coefficient (Wildman–Crippen LogP) is 3.64.